The fourth-order valence-corrected chi connectivity index (χ4v) is 1.64. The van der Waals surface area contributed by atoms with Crippen molar-refractivity contribution in [3.8, 4) is 0 Å². The molecule has 2 atom stereocenters. The van der Waals surface area contributed by atoms with Crippen LogP contribution in [0.5, 0.6) is 0 Å². The largest absolute Gasteiger partial charge is 0.316 e. The molecule has 0 spiro atoms. The predicted octanol–water partition coefficient (Wildman–Crippen LogP) is 1.48. The van der Waals surface area contributed by atoms with E-state index in [9.17, 15) is 0 Å². The highest BCUT2D eigenvalue weighted by atomic mass is 15.3. The quantitative estimate of drug-likeness (QED) is 0.594. The lowest BCUT2D eigenvalue weighted by Gasteiger charge is -2.32. The second-order valence-electron chi connectivity index (χ2n) is 3.54. The van der Waals surface area contributed by atoms with Crippen LogP contribution < -0.4 is 11.5 Å². The molecular formula is C10H25N3. The first-order valence-corrected chi connectivity index (χ1v) is 5.44. The molecule has 0 saturated carbocycles. The molecule has 4 N–H and O–H groups in total. The molecule has 80 valence electrons. The maximum atomic E-state index is 6.02. The summed E-state index contributed by atoms with van der Waals surface area (Å²) in [7, 11) is 0. The molecule has 0 aromatic carbocycles. The summed E-state index contributed by atoms with van der Waals surface area (Å²) in [4.78, 5) is 2.19. The summed E-state index contributed by atoms with van der Waals surface area (Å²) < 4.78 is 0. The van der Waals surface area contributed by atoms with Crippen molar-refractivity contribution in [2.75, 3.05) is 6.54 Å². The Balaban J connectivity index is 3.98. The highest BCUT2D eigenvalue weighted by Crippen LogP contribution is 2.07. The third-order valence-electron chi connectivity index (χ3n) is 2.39. The van der Waals surface area contributed by atoms with Gasteiger partial charge >= 0.3 is 0 Å². The monoisotopic (exact) mass is 187 g/mol. The third kappa shape index (κ3) is 4.60. The van der Waals surface area contributed by atoms with Gasteiger partial charge in [0.2, 0.25) is 0 Å². The number of hydrogen-bond donors (Lipinski definition) is 2. The van der Waals surface area contributed by atoms with Crippen molar-refractivity contribution in [1.82, 2.24) is 4.90 Å². The van der Waals surface area contributed by atoms with Crippen LogP contribution in [0, 0.1) is 0 Å². The summed E-state index contributed by atoms with van der Waals surface area (Å²) in [6.45, 7) is 7.37. The highest BCUT2D eigenvalue weighted by Gasteiger charge is 2.17. The van der Waals surface area contributed by atoms with Crippen LogP contribution >= 0.6 is 0 Å². The molecule has 0 fully saturated rings. The van der Waals surface area contributed by atoms with E-state index in [0.29, 0.717) is 0 Å². The minimum Gasteiger partial charge on any atom is -0.316 e. The zero-order valence-corrected chi connectivity index (χ0v) is 9.29. The Morgan fingerprint density at radius 2 is 1.31 bits per heavy atom. The van der Waals surface area contributed by atoms with Gasteiger partial charge in [-0.2, -0.15) is 0 Å². The summed E-state index contributed by atoms with van der Waals surface area (Å²) in [5, 5.41) is 0. The molecule has 0 aromatic rings. The Morgan fingerprint density at radius 1 is 0.923 bits per heavy atom. The summed E-state index contributed by atoms with van der Waals surface area (Å²) >= 11 is 0. The van der Waals surface area contributed by atoms with E-state index in [-0.39, 0.29) is 12.3 Å². The van der Waals surface area contributed by atoms with E-state index in [4.69, 9.17) is 11.5 Å². The van der Waals surface area contributed by atoms with E-state index >= 15 is 0 Å². The van der Waals surface area contributed by atoms with Gasteiger partial charge in [-0.15, -0.1) is 0 Å². The van der Waals surface area contributed by atoms with E-state index < -0.39 is 0 Å². The standard InChI is InChI=1S/C10H25N3/c1-4-7-9(11)13(6-3)10(12)8-5-2/h9-10H,4-8,11-12H2,1-3H3. The smallest absolute Gasteiger partial charge is 0.0585 e. The van der Waals surface area contributed by atoms with Crippen molar-refractivity contribution in [3.63, 3.8) is 0 Å². The molecule has 13 heavy (non-hydrogen) atoms. The van der Waals surface area contributed by atoms with Gasteiger partial charge in [-0.05, 0) is 19.4 Å². The van der Waals surface area contributed by atoms with Crippen molar-refractivity contribution >= 4 is 0 Å². The molecular weight excluding hydrogens is 162 g/mol. The average molecular weight is 187 g/mol. The molecule has 0 saturated heterocycles. The molecule has 0 aliphatic heterocycles. The predicted molar refractivity (Wildman–Crippen MR) is 58.1 cm³/mol. The molecule has 0 aliphatic carbocycles. The van der Waals surface area contributed by atoms with Crippen LogP contribution in [0.4, 0.5) is 0 Å². The van der Waals surface area contributed by atoms with Crippen LogP contribution in [0.1, 0.15) is 46.5 Å². The maximum absolute atomic E-state index is 6.02. The Morgan fingerprint density at radius 3 is 1.54 bits per heavy atom. The molecule has 0 heterocycles. The minimum atomic E-state index is 0.136. The highest BCUT2D eigenvalue weighted by molar-refractivity contribution is 4.69. The number of hydrogen-bond acceptors (Lipinski definition) is 3. The minimum absolute atomic E-state index is 0.136. The fraction of sp³-hybridized carbons (Fsp3) is 1.00. The number of nitrogens with two attached hydrogens (primary N) is 2. The van der Waals surface area contributed by atoms with Crippen molar-refractivity contribution in [2.45, 2.75) is 58.8 Å². The summed E-state index contributed by atoms with van der Waals surface area (Å²) in [6, 6.07) is 0. The Bertz CT molecular complexity index is 105. The molecule has 0 radical (unpaired) electrons. The van der Waals surface area contributed by atoms with Gasteiger partial charge in [0.05, 0.1) is 12.3 Å². The summed E-state index contributed by atoms with van der Waals surface area (Å²) in [5.74, 6) is 0. The van der Waals surface area contributed by atoms with Gasteiger partial charge in [-0.25, -0.2) is 0 Å². The Labute approximate surface area is 82.5 Å². The molecule has 0 aromatic heterocycles. The lowest BCUT2D eigenvalue weighted by molar-refractivity contribution is 0.131. The van der Waals surface area contributed by atoms with Crippen molar-refractivity contribution in [2.24, 2.45) is 11.5 Å². The second kappa shape index (κ2) is 7.30. The average Bonchev–Trinajstić information content (AvgIpc) is 2.06. The van der Waals surface area contributed by atoms with E-state index in [1.807, 2.05) is 0 Å². The van der Waals surface area contributed by atoms with Crippen molar-refractivity contribution in [1.29, 1.82) is 0 Å². The molecule has 0 bridgehead atoms. The Kier molecular flexibility index (Phi) is 7.23. The molecule has 0 amide bonds. The van der Waals surface area contributed by atoms with E-state index in [1.54, 1.807) is 0 Å². The summed E-state index contributed by atoms with van der Waals surface area (Å²) in [5.41, 5.74) is 12.0. The number of nitrogens with zero attached hydrogens (tertiary/aromatic N) is 1. The molecule has 2 unspecified atom stereocenters. The second-order valence-corrected chi connectivity index (χ2v) is 3.54. The SMILES string of the molecule is CCCC(N)N(CC)C(N)CCC. The van der Waals surface area contributed by atoms with Gasteiger partial charge in [0.1, 0.15) is 0 Å². The summed E-state index contributed by atoms with van der Waals surface area (Å²) in [6.07, 6.45) is 4.58. The first-order chi connectivity index (χ1) is 6.17. The van der Waals surface area contributed by atoms with Crippen molar-refractivity contribution < 1.29 is 0 Å². The van der Waals surface area contributed by atoms with E-state index in [2.05, 4.69) is 25.7 Å². The van der Waals surface area contributed by atoms with Gasteiger partial charge in [0.15, 0.2) is 0 Å². The van der Waals surface area contributed by atoms with Gasteiger partial charge in [-0.3, -0.25) is 4.90 Å². The normalized spacial score (nSPS) is 16.2. The molecule has 0 aliphatic rings. The van der Waals surface area contributed by atoms with Crippen LogP contribution in [0.2, 0.25) is 0 Å². The van der Waals surface area contributed by atoms with Gasteiger partial charge in [0.25, 0.3) is 0 Å². The van der Waals surface area contributed by atoms with Crippen LogP contribution in [-0.4, -0.2) is 23.8 Å². The van der Waals surface area contributed by atoms with Gasteiger partial charge in [0, 0.05) is 0 Å². The third-order valence-corrected chi connectivity index (χ3v) is 2.39. The van der Waals surface area contributed by atoms with Crippen LogP contribution in [0.15, 0.2) is 0 Å². The Hall–Kier alpha value is -0.120. The van der Waals surface area contributed by atoms with Crippen LogP contribution in [0.25, 0.3) is 0 Å². The zero-order valence-electron chi connectivity index (χ0n) is 9.29. The van der Waals surface area contributed by atoms with Gasteiger partial charge < -0.3 is 11.5 Å². The van der Waals surface area contributed by atoms with Gasteiger partial charge in [-0.1, -0.05) is 33.6 Å². The topological polar surface area (TPSA) is 55.3 Å². The zero-order chi connectivity index (χ0) is 10.3. The van der Waals surface area contributed by atoms with Crippen molar-refractivity contribution in [3.05, 3.63) is 0 Å². The first kappa shape index (κ1) is 12.9. The van der Waals surface area contributed by atoms with E-state index in [1.165, 1.54) is 0 Å². The molecule has 3 nitrogen and oxygen atoms in total. The lowest BCUT2D eigenvalue weighted by Crippen LogP contribution is -2.51. The molecule has 0 rings (SSSR count). The fourth-order valence-electron chi connectivity index (χ4n) is 1.64. The van der Waals surface area contributed by atoms with E-state index in [0.717, 1.165) is 32.2 Å². The lowest BCUT2D eigenvalue weighted by atomic mass is 10.2. The van der Waals surface area contributed by atoms with Crippen LogP contribution in [0.3, 0.4) is 0 Å². The maximum Gasteiger partial charge on any atom is 0.0585 e. The number of rotatable bonds is 7. The molecule has 3 heteroatoms. The van der Waals surface area contributed by atoms with Crippen LogP contribution in [-0.2, 0) is 0 Å². The first-order valence-electron chi connectivity index (χ1n) is 5.44.